The molecule has 1 aromatic rings. The lowest BCUT2D eigenvalue weighted by Crippen LogP contribution is -2.36. The van der Waals surface area contributed by atoms with E-state index in [-0.39, 0.29) is 18.7 Å². The number of nitrogens with zero attached hydrogens (tertiary/aromatic N) is 1. The van der Waals surface area contributed by atoms with Crippen LogP contribution in [0.5, 0.6) is 0 Å². The Bertz CT molecular complexity index is 548. The molecule has 0 unspecified atom stereocenters. The van der Waals surface area contributed by atoms with Crippen LogP contribution in [0.4, 0.5) is 17.6 Å². The van der Waals surface area contributed by atoms with E-state index in [0.717, 1.165) is 12.1 Å². The summed E-state index contributed by atoms with van der Waals surface area (Å²) in [6.07, 6.45) is -4.58. The third-order valence-electron chi connectivity index (χ3n) is 3.47. The second-order valence-electron chi connectivity index (χ2n) is 5.25. The maximum Gasteiger partial charge on any atom is 0.416 e. The summed E-state index contributed by atoms with van der Waals surface area (Å²) in [5.41, 5.74) is -1.28. The second kappa shape index (κ2) is 6.62. The molecule has 8 heteroatoms. The third-order valence-corrected chi connectivity index (χ3v) is 3.47. The number of aliphatic hydroxyl groups excluding tert-OH is 1. The lowest BCUT2D eigenvalue weighted by molar-refractivity contribution is -0.138. The van der Waals surface area contributed by atoms with Gasteiger partial charge in [0.05, 0.1) is 18.2 Å². The number of carbonyl (C=O) groups is 1. The number of aliphatic hydroxyl groups is 1. The van der Waals surface area contributed by atoms with Crippen LogP contribution in [-0.2, 0) is 17.5 Å². The Balaban J connectivity index is 1.95. The molecule has 1 aromatic carbocycles. The summed E-state index contributed by atoms with van der Waals surface area (Å²) in [4.78, 5) is 13.4. The van der Waals surface area contributed by atoms with Crippen molar-refractivity contribution in [2.24, 2.45) is 0 Å². The average molecular weight is 320 g/mol. The van der Waals surface area contributed by atoms with Crippen molar-refractivity contribution < 1.29 is 27.5 Å². The van der Waals surface area contributed by atoms with Gasteiger partial charge in [-0.1, -0.05) is 6.07 Å². The number of β-amino-alcohol motifs (C(OH)–C–C–N with tert-alkyl or cyclic N) is 1. The highest BCUT2D eigenvalue weighted by Crippen LogP contribution is 2.32. The van der Waals surface area contributed by atoms with Gasteiger partial charge in [0.2, 0.25) is 5.91 Å². The maximum atomic E-state index is 13.0. The molecule has 1 aliphatic rings. The topological polar surface area (TPSA) is 52.6 Å². The fraction of sp³-hybridized carbons (Fsp3) is 0.500. The average Bonchev–Trinajstić information content (AvgIpc) is 2.81. The molecule has 1 heterocycles. The smallest absolute Gasteiger partial charge is 0.392 e. The minimum absolute atomic E-state index is 0.0135. The number of rotatable bonds is 4. The van der Waals surface area contributed by atoms with Crippen molar-refractivity contribution in [3.05, 3.63) is 35.1 Å². The molecule has 22 heavy (non-hydrogen) atoms. The predicted molar refractivity (Wildman–Crippen MR) is 70.3 cm³/mol. The first-order valence-corrected chi connectivity index (χ1v) is 6.78. The van der Waals surface area contributed by atoms with Crippen LogP contribution < -0.4 is 5.32 Å². The largest absolute Gasteiger partial charge is 0.416 e. The Hall–Kier alpha value is -1.67. The molecule has 0 radical (unpaired) electrons. The van der Waals surface area contributed by atoms with E-state index in [4.69, 9.17) is 0 Å². The van der Waals surface area contributed by atoms with Crippen molar-refractivity contribution in [3.8, 4) is 0 Å². The SMILES string of the molecule is O=C(CN1CC[C@@H](O)C1)NCc1ccc(F)cc1C(F)(F)F. The minimum atomic E-state index is -4.68. The number of amides is 1. The summed E-state index contributed by atoms with van der Waals surface area (Å²) in [5.74, 6) is -1.42. The van der Waals surface area contributed by atoms with E-state index < -0.39 is 29.6 Å². The lowest BCUT2D eigenvalue weighted by Gasteiger charge is -2.16. The molecule has 0 spiro atoms. The monoisotopic (exact) mass is 320 g/mol. The molecule has 0 aromatic heterocycles. The standard InChI is InChI=1S/C14H16F4N2O2/c15-10-2-1-9(12(5-10)14(16,17)18)6-19-13(22)8-20-4-3-11(21)7-20/h1-2,5,11,21H,3-4,6-8H2,(H,19,22)/t11-/m1/s1. The highest BCUT2D eigenvalue weighted by Gasteiger charge is 2.33. The van der Waals surface area contributed by atoms with Crippen LogP contribution in [0.1, 0.15) is 17.5 Å². The summed E-state index contributed by atoms with van der Waals surface area (Å²) in [6.45, 7) is 0.626. The molecule has 2 N–H and O–H groups in total. The molecular formula is C14H16F4N2O2. The number of halogens is 4. The van der Waals surface area contributed by atoms with Gasteiger partial charge in [0.15, 0.2) is 0 Å². The van der Waals surface area contributed by atoms with E-state index in [0.29, 0.717) is 25.6 Å². The van der Waals surface area contributed by atoms with Crippen molar-refractivity contribution in [3.63, 3.8) is 0 Å². The molecule has 2 rings (SSSR count). The van der Waals surface area contributed by atoms with Crippen LogP contribution in [0.2, 0.25) is 0 Å². The van der Waals surface area contributed by atoms with Crippen molar-refractivity contribution in [1.82, 2.24) is 10.2 Å². The molecule has 0 saturated carbocycles. The van der Waals surface area contributed by atoms with Gasteiger partial charge in [-0.15, -0.1) is 0 Å². The summed E-state index contributed by atoms with van der Waals surface area (Å²) < 4.78 is 51.4. The zero-order valence-electron chi connectivity index (χ0n) is 11.7. The van der Waals surface area contributed by atoms with Gasteiger partial charge in [0.25, 0.3) is 0 Å². The normalized spacial score (nSPS) is 19.4. The second-order valence-corrected chi connectivity index (χ2v) is 5.25. The first-order valence-electron chi connectivity index (χ1n) is 6.78. The molecule has 0 aliphatic carbocycles. The zero-order valence-corrected chi connectivity index (χ0v) is 11.7. The van der Waals surface area contributed by atoms with Gasteiger partial charge in [0.1, 0.15) is 5.82 Å². The van der Waals surface area contributed by atoms with E-state index in [2.05, 4.69) is 5.32 Å². The van der Waals surface area contributed by atoms with Crippen LogP contribution >= 0.6 is 0 Å². The van der Waals surface area contributed by atoms with Gasteiger partial charge in [-0.05, 0) is 24.1 Å². The van der Waals surface area contributed by atoms with Crippen molar-refractivity contribution in [2.75, 3.05) is 19.6 Å². The van der Waals surface area contributed by atoms with E-state index in [1.54, 1.807) is 4.90 Å². The highest BCUT2D eigenvalue weighted by molar-refractivity contribution is 5.78. The molecule has 1 fully saturated rings. The zero-order chi connectivity index (χ0) is 16.3. The Kier molecular flexibility index (Phi) is 5.02. The van der Waals surface area contributed by atoms with Crippen molar-refractivity contribution >= 4 is 5.91 Å². The van der Waals surface area contributed by atoms with E-state index in [1.807, 2.05) is 0 Å². The number of likely N-dealkylation sites (tertiary alicyclic amines) is 1. The van der Waals surface area contributed by atoms with Gasteiger partial charge >= 0.3 is 6.18 Å². The Morgan fingerprint density at radius 3 is 2.73 bits per heavy atom. The first kappa shape index (κ1) is 16.7. The Morgan fingerprint density at radius 1 is 1.41 bits per heavy atom. The summed E-state index contributed by atoms with van der Waals surface area (Å²) in [6, 6.07) is 2.35. The number of alkyl halides is 3. The van der Waals surface area contributed by atoms with E-state index in [1.165, 1.54) is 0 Å². The van der Waals surface area contributed by atoms with Gasteiger partial charge in [-0.25, -0.2) is 4.39 Å². The fourth-order valence-electron chi connectivity index (χ4n) is 2.38. The van der Waals surface area contributed by atoms with Gasteiger partial charge in [-0.3, -0.25) is 9.69 Å². The van der Waals surface area contributed by atoms with Gasteiger partial charge in [-0.2, -0.15) is 13.2 Å². The van der Waals surface area contributed by atoms with Crippen LogP contribution in [0, 0.1) is 5.82 Å². The Morgan fingerprint density at radius 2 is 2.14 bits per heavy atom. The molecular weight excluding hydrogens is 304 g/mol. The number of hydrogen-bond acceptors (Lipinski definition) is 3. The number of carbonyl (C=O) groups excluding carboxylic acids is 1. The first-order chi connectivity index (χ1) is 10.3. The predicted octanol–water partition coefficient (Wildman–Crippen LogP) is 1.53. The Labute approximate surface area is 124 Å². The number of nitrogens with one attached hydrogen (secondary N) is 1. The van der Waals surface area contributed by atoms with Crippen LogP contribution in [-0.4, -0.2) is 41.7 Å². The molecule has 122 valence electrons. The lowest BCUT2D eigenvalue weighted by atomic mass is 10.1. The van der Waals surface area contributed by atoms with Crippen molar-refractivity contribution in [1.29, 1.82) is 0 Å². The van der Waals surface area contributed by atoms with Crippen LogP contribution in [0.15, 0.2) is 18.2 Å². The molecule has 1 amide bonds. The number of hydrogen-bond donors (Lipinski definition) is 2. The number of benzene rings is 1. The van der Waals surface area contributed by atoms with Crippen LogP contribution in [0.25, 0.3) is 0 Å². The van der Waals surface area contributed by atoms with E-state index >= 15 is 0 Å². The van der Waals surface area contributed by atoms with Gasteiger partial charge in [0, 0.05) is 19.6 Å². The molecule has 4 nitrogen and oxygen atoms in total. The third kappa shape index (κ3) is 4.41. The minimum Gasteiger partial charge on any atom is -0.392 e. The van der Waals surface area contributed by atoms with E-state index in [9.17, 15) is 27.5 Å². The molecule has 1 atom stereocenters. The highest BCUT2D eigenvalue weighted by atomic mass is 19.4. The summed E-state index contributed by atoms with van der Waals surface area (Å²) >= 11 is 0. The van der Waals surface area contributed by atoms with Crippen molar-refractivity contribution in [2.45, 2.75) is 25.2 Å². The maximum absolute atomic E-state index is 13.0. The van der Waals surface area contributed by atoms with Gasteiger partial charge < -0.3 is 10.4 Å². The molecule has 1 saturated heterocycles. The summed E-state index contributed by atoms with van der Waals surface area (Å²) in [5, 5.41) is 11.7. The molecule has 0 bridgehead atoms. The summed E-state index contributed by atoms with van der Waals surface area (Å²) in [7, 11) is 0. The quantitative estimate of drug-likeness (QED) is 0.827. The fourth-order valence-corrected chi connectivity index (χ4v) is 2.38. The van der Waals surface area contributed by atoms with Crippen LogP contribution in [0.3, 0.4) is 0 Å². The molecule has 1 aliphatic heterocycles.